The lowest BCUT2D eigenvalue weighted by Gasteiger charge is -2.53. The van der Waals surface area contributed by atoms with Crippen LogP contribution in [0.1, 0.15) is 56.5 Å². The van der Waals surface area contributed by atoms with E-state index in [1.165, 1.54) is 32.2 Å². The molecule has 1 aliphatic carbocycles. The molecule has 112 valence electrons. The first-order valence-electron chi connectivity index (χ1n) is 8.09. The van der Waals surface area contributed by atoms with Crippen LogP contribution in [0.5, 0.6) is 0 Å². The molecule has 2 nitrogen and oxygen atoms in total. The van der Waals surface area contributed by atoms with Crippen molar-refractivity contribution in [2.24, 2.45) is 17.6 Å². The number of hydrogen-bond donors (Lipinski definition) is 1. The van der Waals surface area contributed by atoms with Crippen LogP contribution in [0.2, 0.25) is 0 Å². The van der Waals surface area contributed by atoms with Gasteiger partial charge in [-0.05, 0) is 61.5 Å². The van der Waals surface area contributed by atoms with Crippen LogP contribution in [0.4, 0.5) is 0 Å². The average molecular weight is 292 g/mol. The van der Waals surface area contributed by atoms with Gasteiger partial charge in [-0.25, -0.2) is 0 Å². The lowest BCUT2D eigenvalue weighted by Crippen LogP contribution is -2.59. The molecule has 3 rings (SSSR count). The predicted molar refractivity (Wildman–Crippen MR) is 87.1 cm³/mol. The van der Waals surface area contributed by atoms with Gasteiger partial charge in [0.15, 0.2) is 0 Å². The Morgan fingerprint density at radius 2 is 2.00 bits per heavy atom. The van der Waals surface area contributed by atoms with Gasteiger partial charge in [0.1, 0.15) is 0 Å². The SMILES string of the molecule is CC1CC(C)CC(CN)(N2CCc3sccc3C2C)C1. The van der Waals surface area contributed by atoms with Gasteiger partial charge in [-0.2, -0.15) is 0 Å². The molecule has 0 spiro atoms. The first-order valence-corrected chi connectivity index (χ1v) is 8.97. The Morgan fingerprint density at radius 1 is 1.30 bits per heavy atom. The summed E-state index contributed by atoms with van der Waals surface area (Å²) in [5, 5.41) is 2.26. The molecule has 0 radical (unpaired) electrons. The molecule has 3 unspecified atom stereocenters. The zero-order valence-electron chi connectivity index (χ0n) is 13.1. The third kappa shape index (κ3) is 2.34. The highest BCUT2D eigenvalue weighted by Gasteiger charge is 2.44. The first-order chi connectivity index (χ1) is 9.55. The van der Waals surface area contributed by atoms with Gasteiger partial charge in [-0.3, -0.25) is 4.90 Å². The van der Waals surface area contributed by atoms with Gasteiger partial charge in [0.2, 0.25) is 0 Å². The minimum absolute atomic E-state index is 0.232. The molecule has 20 heavy (non-hydrogen) atoms. The van der Waals surface area contributed by atoms with E-state index in [0.29, 0.717) is 6.04 Å². The topological polar surface area (TPSA) is 29.3 Å². The zero-order valence-corrected chi connectivity index (χ0v) is 13.9. The van der Waals surface area contributed by atoms with Crippen molar-refractivity contribution in [2.75, 3.05) is 13.1 Å². The van der Waals surface area contributed by atoms with Crippen LogP contribution in [0.25, 0.3) is 0 Å². The predicted octanol–water partition coefficient (Wildman–Crippen LogP) is 3.82. The van der Waals surface area contributed by atoms with E-state index < -0.39 is 0 Å². The second-order valence-electron chi connectivity index (χ2n) is 7.20. The Bertz CT molecular complexity index is 457. The molecule has 3 atom stereocenters. The fraction of sp³-hybridized carbons (Fsp3) is 0.765. The number of nitrogens with two attached hydrogens (primary N) is 1. The Morgan fingerprint density at radius 3 is 2.65 bits per heavy atom. The van der Waals surface area contributed by atoms with E-state index in [9.17, 15) is 0 Å². The maximum Gasteiger partial charge on any atom is 0.0342 e. The molecule has 0 aromatic carbocycles. The fourth-order valence-electron chi connectivity index (χ4n) is 4.91. The van der Waals surface area contributed by atoms with E-state index in [2.05, 4.69) is 37.1 Å². The van der Waals surface area contributed by atoms with Crippen LogP contribution in [0.3, 0.4) is 0 Å². The molecule has 1 saturated carbocycles. The van der Waals surface area contributed by atoms with Crippen molar-refractivity contribution in [1.29, 1.82) is 0 Å². The molecular formula is C17H28N2S. The summed E-state index contributed by atoms with van der Waals surface area (Å²) in [6, 6.07) is 2.86. The van der Waals surface area contributed by atoms with E-state index in [1.54, 1.807) is 10.4 Å². The van der Waals surface area contributed by atoms with Gasteiger partial charge in [-0.15, -0.1) is 11.3 Å². The molecule has 1 aromatic rings. The van der Waals surface area contributed by atoms with Gasteiger partial charge in [0.05, 0.1) is 0 Å². The highest BCUT2D eigenvalue weighted by molar-refractivity contribution is 7.10. The van der Waals surface area contributed by atoms with Crippen LogP contribution in [-0.4, -0.2) is 23.5 Å². The van der Waals surface area contributed by atoms with Crippen molar-refractivity contribution in [2.45, 2.75) is 58.0 Å². The minimum Gasteiger partial charge on any atom is -0.329 e. The maximum atomic E-state index is 6.31. The van der Waals surface area contributed by atoms with E-state index in [4.69, 9.17) is 5.73 Å². The zero-order chi connectivity index (χ0) is 14.3. The fourth-order valence-corrected chi connectivity index (χ4v) is 5.87. The lowest BCUT2D eigenvalue weighted by atomic mass is 9.69. The van der Waals surface area contributed by atoms with Crippen LogP contribution >= 0.6 is 11.3 Å². The molecule has 2 heterocycles. The van der Waals surface area contributed by atoms with Crippen LogP contribution in [-0.2, 0) is 6.42 Å². The number of fused-ring (bicyclic) bond motifs is 1. The van der Waals surface area contributed by atoms with Crippen LogP contribution in [0.15, 0.2) is 11.4 Å². The molecule has 1 fully saturated rings. The third-order valence-corrected chi connectivity index (χ3v) is 6.52. The molecule has 2 aliphatic rings. The highest BCUT2D eigenvalue weighted by atomic mass is 32.1. The summed E-state index contributed by atoms with van der Waals surface area (Å²) in [4.78, 5) is 4.34. The van der Waals surface area contributed by atoms with Gasteiger partial charge in [0.25, 0.3) is 0 Å². The quantitative estimate of drug-likeness (QED) is 0.898. The number of nitrogens with zero attached hydrogens (tertiary/aromatic N) is 1. The monoisotopic (exact) mass is 292 g/mol. The first kappa shape index (κ1) is 14.6. The van der Waals surface area contributed by atoms with Gasteiger partial charge >= 0.3 is 0 Å². The highest BCUT2D eigenvalue weighted by Crippen LogP contribution is 2.45. The molecule has 1 aromatic heterocycles. The smallest absolute Gasteiger partial charge is 0.0342 e. The second-order valence-corrected chi connectivity index (χ2v) is 8.20. The van der Waals surface area contributed by atoms with Gasteiger partial charge < -0.3 is 5.73 Å². The standard InChI is InChI=1S/C17H28N2S/c1-12-8-13(2)10-17(9-12,11-18)19-6-4-16-15(14(19)3)5-7-20-16/h5,7,12-14H,4,6,8-11,18H2,1-3H3. The molecular weight excluding hydrogens is 264 g/mol. The molecule has 0 bridgehead atoms. The summed E-state index contributed by atoms with van der Waals surface area (Å²) in [6.07, 6.45) is 5.13. The third-order valence-electron chi connectivity index (χ3n) is 5.53. The molecule has 0 saturated heterocycles. The maximum absolute atomic E-state index is 6.31. The Labute approximate surface area is 127 Å². The van der Waals surface area contributed by atoms with Crippen molar-refractivity contribution in [3.05, 3.63) is 21.9 Å². The summed E-state index contributed by atoms with van der Waals surface area (Å²) >= 11 is 1.93. The molecule has 2 N–H and O–H groups in total. The largest absolute Gasteiger partial charge is 0.329 e. The van der Waals surface area contributed by atoms with Crippen molar-refractivity contribution in [1.82, 2.24) is 4.90 Å². The normalized spacial score (nSPS) is 38.7. The van der Waals surface area contributed by atoms with E-state index in [0.717, 1.165) is 18.4 Å². The summed E-state index contributed by atoms with van der Waals surface area (Å²) in [5.41, 5.74) is 8.10. The average Bonchev–Trinajstić information content (AvgIpc) is 2.87. The summed E-state index contributed by atoms with van der Waals surface area (Å²) in [6.45, 7) is 9.19. The van der Waals surface area contributed by atoms with Crippen molar-refractivity contribution in [3.8, 4) is 0 Å². The van der Waals surface area contributed by atoms with Gasteiger partial charge in [-0.1, -0.05) is 13.8 Å². The van der Waals surface area contributed by atoms with E-state index in [1.807, 2.05) is 11.3 Å². The van der Waals surface area contributed by atoms with Crippen LogP contribution < -0.4 is 5.73 Å². The molecule has 3 heteroatoms. The Balaban J connectivity index is 1.90. The number of rotatable bonds is 2. The summed E-state index contributed by atoms with van der Waals surface area (Å²) in [5.74, 6) is 1.61. The van der Waals surface area contributed by atoms with Gasteiger partial charge in [0, 0.05) is 29.5 Å². The van der Waals surface area contributed by atoms with Crippen molar-refractivity contribution < 1.29 is 0 Å². The molecule has 0 amide bonds. The van der Waals surface area contributed by atoms with Crippen molar-refractivity contribution in [3.63, 3.8) is 0 Å². The minimum atomic E-state index is 0.232. The lowest BCUT2D eigenvalue weighted by molar-refractivity contribution is -0.0115. The second kappa shape index (κ2) is 5.43. The number of thiophene rings is 1. The number of hydrogen-bond acceptors (Lipinski definition) is 3. The van der Waals surface area contributed by atoms with Crippen LogP contribution in [0, 0.1) is 11.8 Å². The molecule has 1 aliphatic heterocycles. The van der Waals surface area contributed by atoms with E-state index in [-0.39, 0.29) is 5.54 Å². The van der Waals surface area contributed by atoms with Crippen molar-refractivity contribution >= 4 is 11.3 Å². The Hall–Kier alpha value is -0.380. The summed E-state index contributed by atoms with van der Waals surface area (Å²) in [7, 11) is 0. The summed E-state index contributed by atoms with van der Waals surface area (Å²) < 4.78 is 0. The Kier molecular flexibility index (Phi) is 3.95. The van der Waals surface area contributed by atoms with E-state index >= 15 is 0 Å².